The third-order valence-corrected chi connectivity index (χ3v) is 3.99. The van der Waals surface area contributed by atoms with E-state index >= 15 is 0 Å². The number of aryl methyl sites for hydroxylation is 1. The summed E-state index contributed by atoms with van der Waals surface area (Å²) in [4.78, 5) is 18.7. The van der Waals surface area contributed by atoms with Crippen LogP contribution < -0.4 is 5.73 Å². The summed E-state index contributed by atoms with van der Waals surface area (Å²) in [6.07, 6.45) is 5.75. The number of carbonyl (C=O) groups is 1. The van der Waals surface area contributed by atoms with Crippen LogP contribution >= 0.6 is 0 Å². The van der Waals surface area contributed by atoms with Crippen LogP contribution in [0.4, 0.5) is 0 Å². The Hall–Kier alpha value is -1.43. The minimum atomic E-state index is -0.0634. The summed E-state index contributed by atoms with van der Waals surface area (Å²) in [5.74, 6) is 1.02. The number of hydrogen-bond acceptors (Lipinski definition) is 4. The van der Waals surface area contributed by atoms with Gasteiger partial charge in [0.2, 0.25) is 5.82 Å². The Labute approximate surface area is 120 Å². The number of aromatic amines is 1. The molecule has 112 valence electrons. The monoisotopic (exact) mass is 279 g/mol. The molecule has 20 heavy (non-hydrogen) atoms. The average Bonchev–Trinajstić information content (AvgIpc) is 2.90. The van der Waals surface area contributed by atoms with Crippen LogP contribution in [0.5, 0.6) is 0 Å². The molecule has 6 nitrogen and oxygen atoms in total. The molecule has 3 N–H and O–H groups in total. The molecule has 6 heteroatoms. The van der Waals surface area contributed by atoms with E-state index in [9.17, 15) is 4.79 Å². The molecule has 1 fully saturated rings. The summed E-state index contributed by atoms with van der Waals surface area (Å²) in [5, 5.41) is 6.91. The fraction of sp³-hybridized carbons (Fsp3) is 0.786. The Kier molecular flexibility index (Phi) is 5.11. The van der Waals surface area contributed by atoms with Gasteiger partial charge in [0.1, 0.15) is 5.82 Å². The molecule has 1 aromatic heterocycles. The normalized spacial score (nSPS) is 22.8. The van der Waals surface area contributed by atoms with Crippen molar-refractivity contribution in [2.24, 2.45) is 5.73 Å². The standard InChI is InChI=1S/C14H25N5O/c1-3-5-12-16-13(18-17-12)14(20)19(4-2)11-8-6-10(15)7-9-11/h10-11H,3-9,15H2,1-2H3,(H,16,17,18). The van der Waals surface area contributed by atoms with Crippen LogP contribution in [0.2, 0.25) is 0 Å². The molecule has 0 aliphatic heterocycles. The fourth-order valence-corrected chi connectivity index (χ4v) is 2.85. The van der Waals surface area contributed by atoms with E-state index in [1.165, 1.54) is 0 Å². The third-order valence-electron chi connectivity index (χ3n) is 3.99. The van der Waals surface area contributed by atoms with Crippen LogP contribution in [0.3, 0.4) is 0 Å². The quantitative estimate of drug-likeness (QED) is 0.854. The van der Waals surface area contributed by atoms with E-state index in [1.54, 1.807) is 0 Å². The van der Waals surface area contributed by atoms with Gasteiger partial charge in [0, 0.05) is 25.0 Å². The maximum absolute atomic E-state index is 12.5. The van der Waals surface area contributed by atoms with Gasteiger partial charge in [-0.25, -0.2) is 4.98 Å². The second-order valence-electron chi connectivity index (χ2n) is 5.52. The Morgan fingerprint density at radius 1 is 1.35 bits per heavy atom. The number of nitrogens with two attached hydrogens (primary N) is 1. The highest BCUT2D eigenvalue weighted by atomic mass is 16.2. The minimum absolute atomic E-state index is 0.0634. The lowest BCUT2D eigenvalue weighted by Gasteiger charge is -2.34. The van der Waals surface area contributed by atoms with Crippen molar-refractivity contribution in [1.29, 1.82) is 0 Å². The van der Waals surface area contributed by atoms with E-state index in [4.69, 9.17) is 5.73 Å². The molecule has 0 saturated heterocycles. The van der Waals surface area contributed by atoms with Crippen LogP contribution in [0.15, 0.2) is 0 Å². The highest BCUT2D eigenvalue weighted by Crippen LogP contribution is 2.23. The number of aromatic nitrogens is 3. The zero-order chi connectivity index (χ0) is 14.5. The van der Waals surface area contributed by atoms with Gasteiger partial charge in [0.05, 0.1) is 0 Å². The predicted octanol–water partition coefficient (Wildman–Crippen LogP) is 1.49. The molecule has 0 spiro atoms. The molecule has 0 bridgehead atoms. The van der Waals surface area contributed by atoms with E-state index < -0.39 is 0 Å². The van der Waals surface area contributed by atoms with Gasteiger partial charge in [0.15, 0.2) is 0 Å². The molecule has 1 aliphatic carbocycles. The van der Waals surface area contributed by atoms with Crippen LogP contribution in [-0.4, -0.2) is 44.6 Å². The van der Waals surface area contributed by atoms with Crippen molar-refractivity contribution in [1.82, 2.24) is 20.1 Å². The lowest BCUT2D eigenvalue weighted by molar-refractivity contribution is 0.0628. The van der Waals surface area contributed by atoms with Gasteiger partial charge in [-0.15, -0.1) is 5.10 Å². The van der Waals surface area contributed by atoms with Crippen LogP contribution in [-0.2, 0) is 6.42 Å². The number of rotatable bonds is 5. The molecule has 1 heterocycles. The van der Waals surface area contributed by atoms with E-state index in [0.717, 1.165) is 44.3 Å². The maximum atomic E-state index is 12.5. The first-order valence-corrected chi connectivity index (χ1v) is 7.63. The number of carbonyl (C=O) groups excluding carboxylic acids is 1. The van der Waals surface area contributed by atoms with Gasteiger partial charge in [-0.05, 0) is 39.0 Å². The Balaban J connectivity index is 2.04. The number of amides is 1. The predicted molar refractivity (Wildman–Crippen MR) is 77.3 cm³/mol. The number of H-pyrrole nitrogens is 1. The van der Waals surface area contributed by atoms with Gasteiger partial charge < -0.3 is 10.6 Å². The van der Waals surface area contributed by atoms with E-state index in [-0.39, 0.29) is 11.9 Å². The average molecular weight is 279 g/mol. The van der Waals surface area contributed by atoms with Crippen molar-refractivity contribution >= 4 is 5.91 Å². The zero-order valence-electron chi connectivity index (χ0n) is 12.4. The van der Waals surface area contributed by atoms with Crippen molar-refractivity contribution in [3.8, 4) is 0 Å². The second-order valence-corrected chi connectivity index (χ2v) is 5.52. The molecule has 1 aliphatic rings. The van der Waals surface area contributed by atoms with Gasteiger partial charge in [-0.2, -0.15) is 0 Å². The van der Waals surface area contributed by atoms with Crippen molar-refractivity contribution in [3.05, 3.63) is 11.6 Å². The summed E-state index contributed by atoms with van der Waals surface area (Å²) >= 11 is 0. The first-order chi connectivity index (χ1) is 9.65. The van der Waals surface area contributed by atoms with Gasteiger partial charge >= 0.3 is 0 Å². The number of nitrogens with one attached hydrogen (secondary N) is 1. The molecule has 1 saturated carbocycles. The van der Waals surface area contributed by atoms with Gasteiger partial charge in [-0.1, -0.05) is 6.92 Å². The molecular weight excluding hydrogens is 254 g/mol. The summed E-state index contributed by atoms with van der Waals surface area (Å²) < 4.78 is 0. The lowest BCUT2D eigenvalue weighted by Crippen LogP contribution is -2.44. The van der Waals surface area contributed by atoms with E-state index in [2.05, 4.69) is 22.1 Å². The second kappa shape index (κ2) is 6.83. The molecular formula is C14H25N5O. The SMILES string of the molecule is CCCc1nc(C(=O)N(CC)C2CCC(N)CC2)n[nH]1. The Morgan fingerprint density at radius 3 is 2.65 bits per heavy atom. The molecule has 1 aromatic rings. The van der Waals surface area contributed by atoms with Crippen LogP contribution in [0.25, 0.3) is 0 Å². The minimum Gasteiger partial charge on any atom is -0.333 e. The molecule has 1 amide bonds. The van der Waals surface area contributed by atoms with Crippen molar-refractivity contribution in [2.75, 3.05) is 6.54 Å². The van der Waals surface area contributed by atoms with Crippen LogP contribution in [0, 0.1) is 0 Å². The molecule has 0 aromatic carbocycles. The first kappa shape index (κ1) is 15.0. The number of hydrogen-bond donors (Lipinski definition) is 2. The topological polar surface area (TPSA) is 87.9 Å². The molecule has 0 atom stereocenters. The first-order valence-electron chi connectivity index (χ1n) is 7.63. The maximum Gasteiger partial charge on any atom is 0.293 e. The van der Waals surface area contributed by atoms with Gasteiger partial charge in [-0.3, -0.25) is 9.89 Å². The van der Waals surface area contributed by atoms with Gasteiger partial charge in [0.25, 0.3) is 5.91 Å². The molecule has 2 rings (SSSR count). The third kappa shape index (κ3) is 3.36. The summed E-state index contributed by atoms with van der Waals surface area (Å²) in [6.45, 7) is 4.77. The summed E-state index contributed by atoms with van der Waals surface area (Å²) in [6, 6.07) is 0.570. The summed E-state index contributed by atoms with van der Waals surface area (Å²) in [7, 11) is 0. The zero-order valence-corrected chi connectivity index (χ0v) is 12.4. The van der Waals surface area contributed by atoms with E-state index in [0.29, 0.717) is 18.4 Å². The van der Waals surface area contributed by atoms with Crippen LogP contribution in [0.1, 0.15) is 62.4 Å². The smallest absolute Gasteiger partial charge is 0.293 e. The highest BCUT2D eigenvalue weighted by Gasteiger charge is 2.29. The Morgan fingerprint density at radius 2 is 2.05 bits per heavy atom. The van der Waals surface area contributed by atoms with Crippen molar-refractivity contribution in [3.63, 3.8) is 0 Å². The molecule has 0 unspecified atom stereocenters. The van der Waals surface area contributed by atoms with Crippen molar-refractivity contribution in [2.45, 2.75) is 64.5 Å². The fourth-order valence-electron chi connectivity index (χ4n) is 2.85. The van der Waals surface area contributed by atoms with E-state index in [1.807, 2.05) is 11.8 Å². The largest absolute Gasteiger partial charge is 0.333 e. The molecule has 0 radical (unpaired) electrons. The van der Waals surface area contributed by atoms with Crippen molar-refractivity contribution < 1.29 is 4.79 Å². The summed E-state index contributed by atoms with van der Waals surface area (Å²) in [5.41, 5.74) is 5.93. The highest BCUT2D eigenvalue weighted by molar-refractivity contribution is 5.90. The lowest BCUT2D eigenvalue weighted by atomic mass is 9.90. The number of nitrogens with zero attached hydrogens (tertiary/aromatic N) is 3. The Bertz CT molecular complexity index is 437.